The standard InChI is InChI=1S/C15H25NO3/c1-16-15(19)12-4-2-10(3-5-12)14(18)11-6-8-13(17)9-7-11/h10-13,17H,2-9H2,1H3,(H,16,19). The predicted molar refractivity (Wildman–Crippen MR) is 72.5 cm³/mol. The Morgan fingerprint density at radius 2 is 1.26 bits per heavy atom. The molecule has 19 heavy (non-hydrogen) atoms. The number of ketones is 1. The van der Waals surface area contributed by atoms with Crippen molar-refractivity contribution in [1.29, 1.82) is 0 Å². The minimum absolute atomic E-state index is 0.0993. The average Bonchev–Trinajstić information content (AvgIpc) is 2.46. The van der Waals surface area contributed by atoms with E-state index in [4.69, 9.17) is 0 Å². The highest BCUT2D eigenvalue weighted by molar-refractivity contribution is 5.84. The van der Waals surface area contributed by atoms with Crippen LogP contribution in [-0.4, -0.2) is 29.9 Å². The molecule has 1 amide bonds. The third kappa shape index (κ3) is 3.56. The molecule has 2 saturated carbocycles. The maximum Gasteiger partial charge on any atom is 0.222 e. The summed E-state index contributed by atoms with van der Waals surface area (Å²) in [5.41, 5.74) is 0. The molecule has 2 fully saturated rings. The Bertz CT molecular complexity index is 326. The Morgan fingerprint density at radius 3 is 1.74 bits per heavy atom. The van der Waals surface area contributed by atoms with Crippen LogP contribution in [0.25, 0.3) is 0 Å². The number of aliphatic hydroxyl groups is 1. The highest BCUT2D eigenvalue weighted by atomic mass is 16.3. The van der Waals surface area contributed by atoms with Gasteiger partial charge in [-0.05, 0) is 51.4 Å². The molecule has 0 aliphatic heterocycles. The van der Waals surface area contributed by atoms with Crippen molar-refractivity contribution in [1.82, 2.24) is 5.32 Å². The van der Waals surface area contributed by atoms with Crippen molar-refractivity contribution in [3.63, 3.8) is 0 Å². The van der Waals surface area contributed by atoms with E-state index < -0.39 is 0 Å². The second-order valence-electron chi connectivity index (χ2n) is 6.07. The van der Waals surface area contributed by atoms with Crippen LogP contribution in [0.15, 0.2) is 0 Å². The van der Waals surface area contributed by atoms with Gasteiger partial charge in [0.2, 0.25) is 5.91 Å². The van der Waals surface area contributed by atoms with Crippen molar-refractivity contribution in [2.45, 2.75) is 57.5 Å². The van der Waals surface area contributed by atoms with Gasteiger partial charge in [0.05, 0.1) is 6.10 Å². The molecule has 0 atom stereocenters. The highest BCUT2D eigenvalue weighted by Gasteiger charge is 2.34. The highest BCUT2D eigenvalue weighted by Crippen LogP contribution is 2.34. The SMILES string of the molecule is CNC(=O)C1CCC(C(=O)C2CCC(O)CC2)CC1. The summed E-state index contributed by atoms with van der Waals surface area (Å²) in [4.78, 5) is 24.0. The number of amides is 1. The Balaban J connectivity index is 1.81. The quantitative estimate of drug-likeness (QED) is 0.817. The predicted octanol–water partition coefficient (Wildman–Crippen LogP) is 1.66. The minimum atomic E-state index is -0.201. The van der Waals surface area contributed by atoms with Gasteiger partial charge in [0.25, 0.3) is 0 Å². The van der Waals surface area contributed by atoms with Crippen molar-refractivity contribution in [2.24, 2.45) is 17.8 Å². The summed E-state index contributed by atoms with van der Waals surface area (Å²) in [6.07, 6.45) is 6.41. The van der Waals surface area contributed by atoms with Gasteiger partial charge < -0.3 is 10.4 Å². The van der Waals surface area contributed by atoms with E-state index in [9.17, 15) is 14.7 Å². The molecule has 0 spiro atoms. The number of nitrogens with one attached hydrogen (secondary N) is 1. The largest absolute Gasteiger partial charge is 0.393 e. The van der Waals surface area contributed by atoms with E-state index in [0.717, 1.165) is 51.4 Å². The summed E-state index contributed by atoms with van der Waals surface area (Å²) in [5.74, 6) is 0.919. The van der Waals surface area contributed by atoms with Crippen LogP contribution in [0.5, 0.6) is 0 Å². The molecular weight excluding hydrogens is 242 g/mol. The molecule has 0 aromatic heterocycles. The molecular formula is C15H25NO3. The normalized spacial score (nSPS) is 35.7. The van der Waals surface area contributed by atoms with E-state index in [1.165, 1.54) is 0 Å². The maximum absolute atomic E-state index is 12.4. The van der Waals surface area contributed by atoms with Crippen LogP contribution in [0.3, 0.4) is 0 Å². The topological polar surface area (TPSA) is 66.4 Å². The van der Waals surface area contributed by atoms with Gasteiger partial charge in [-0.2, -0.15) is 0 Å². The van der Waals surface area contributed by atoms with E-state index in [2.05, 4.69) is 5.32 Å². The van der Waals surface area contributed by atoms with Crippen LogP contribution >= 0.6 is 0 Å². The summed E-state index contributed by atoms with van der Waals surface area (Å²) in [6, 6.07) is 0. The summed E-state index contributed by atoms with van der Waals surface area (Å²) in [6.45, 7) is 0. The lowest BCUT2D eigenvalue weighted by atomic mass is 9.73. The van der Waals surface area contributed by atoms with Crippen LogP contribution < -0.4 is 5.32 Å². The zero-order valence-corrected chi connectivity index (χ0v) is 11.7. The van der Waals surface area contributed by atoms with Gasteiger partial charge in [0, 0.05) is 24.8 Å². The fraction of sp³-hybridized carbons (Fsp3) is 0.867. The first-order valence-electron chi connectivity index (χ1n) is 7.55. The third-order valence-electron chi connectivity index (χ3n) is 4.85. The molecule has 0 aromatic carbocycles. The summed E-state index contributed by atoms with van der Waals surface area (Å²) in [7, 11) is 1.67. The molecule has 4 nitrogen and oxygen atoms in total. The van der Waals surface area contributed by atoms with Crippen LogP contribution in [0, 0.1) is 17.8 Å². The lowest BCUT2D eigenvalue weighted by Crippen LogP contribution is -2.35. The molecule has 0 heterocycles. The maximum atomic E-state index is 12.4. The molecule has 2 aliphatic rings. The van der Waals surface area contributed by atoms with Crippen LogP contribution in [-0.2, 0) is 9.59 Å². The fourth-order valence-electron chi connectivity index (χ4n) is 3.54. The molecule has 0 saturated heterocycles. The zero-order valence-electron chi connectivity index (χ0n) is 11.7. The summed E-state index contributed by atoms with van der Waals surface area (Å²) in [5, 5.41) is 12.2. The Kier molecular flexibility index (Phi) is 4.97. The third-order valence-corrected chi connectivity index (χ3v) is 4.85. The second kappa shape index (κ2) is 6.51. The van der Waals surface area contributed by atoms with E-state index in [0.29, 0.717) is 5.78 Å². The number of Topliss-reactive ketones (excluding diaryl/α,β-unsaturated/α-hetero) is 1. The molecule has 0 unspecified atom stereocenters. The van der Waals surface area contributed by atoms with Gasteiger partial charge in [-0.1, -0.05) is 0 Å². The van der Waals surface area contributed by atoms with Gasteiger partial charge in [-0.3, -0.25) is 9.59 Å². The van der Waals surface area contributed by atoms with E-state index >= 15 is 0 Å². The van der Waals surface area contributed by atoms with Crippen molar-refractivity contribution >= 4 is 11.7 Å². The second-order valence-corrected chi connectivity index (χ2v) is 6.07. The molecule has 2 N–H and O–H groups in total. The van der Waals surface area contributed by atoms with Crippen LogP contribution in [0.2, 0.25) is 0 Å². The first-order valence-corrected chi connectivity index (χ1v) is 7.55. The number of carbonyl (C=O) groups excluding carboxylic acids is 2. The Hall–Kier alpha value is -0.900. The van der Waals surface area contributed by atoms with E-state index in [-0.39, 0.29) is 29.8 Å². The molecule has 108 valence electrons. The number of hydrogen-bond donors (Lipinski definition) is 2. The van der Waals surface area contributed by atoms with Crippen molar-refractivity contribution in [3.05, 3.63) is 0 Å². The monoisotopic (exact) mass is 267 g/mol. The lowest BCUT2D eigenvalue weighted by Gasteiger charge is -2.31. The Morgan fingerprint density at radius 1 is 0.842 bits per heavy atom. The Labute approximate surface area is 115 Å². The molecule has 0 radical (unpaired) electrons. The smallest absolute Gasteiger partial charge is 0.222 e. The van der Waals surface area contributed by atoms with Crippen LogP contribution in [0.1, 0.15) is 51.4 Å². The minimum Gasteiger partial charge on any atom is -0.393 e. The number of rotatable bonds is 3. The number of aliphatic hydroxyl groups excluding tert-OH is 1. The van der Waals surface area contributed by atoms with Gasteiger partial charge in [0.15, 0.2) is 0 Å². The average molecular weight is 267 g/mol. The van der Waals surface area contributed by atoms with Crippen molar-refractivity contribution in [3.8, 4) is 0 Å². The van der Waals surface area contributed by atoms with Crippen molar-refractivity contribution in [2.75, 3.05) is 7.05 Å². The first kappa shape index (κ1) is 14.5. The molecule has 2 rings (SSSR count). The number of carbonyl (C=O) groups is 2. The van der Waals surface area contributed by atoms with E-state index in [1.807, 2.05) is 0 Å². The van der Waals surface area contributed by atoms with Crippen LogP contribution in [0.4, 0.5) is 0 Å². The van der Waals surface area contributed by atoms with Gasteiger partial charge in [-0.15, -0.1) is 0 Å². The molecule has 2 aliphatic carbocycles. The van der Waals surface area contributed by atoms with Gasteiger partial charge >= 0.3 is 0 Å². The molecule has 0 bridgehead atoms. The van der Waals surface area contributed by atoms with Crippen molar-refractivity contribution < 1.29 is 14.7 Å². The summed E-state index contributed by atoms with van der Waals surface area (Å²) < 4.78 is 0. The lowest BCUT2D eigenvalue weighted by molar-refractivity contribution is -0.132. The first-order chi connectivity index (χ1) is 9.11. The molecule has 0 aromatic rings. The number of hydrogen-bond acceptors (Lipinski definition) is 3. The van der Waals surface area contributed by atoms with Gasteiger partial charge in [-0.25, -0.2) is 0 Å². The van der Waals surface area contributed by atoms with Gasteiger partial charge in [0.1, 0.15) is 5.78 Å². The van der Waals surface area contributed by atoms with E-state index in [1.54, 1.807) is 7.05 Å². The molecule has 4 heteroatoms. The summed E-state index contributed by atoms with van der Waals surface area (Å²) >= 11 is 0. The fourth-order valence-corrected chi connectivity index (χ4v) is 3.54. The zero-order chi connectivity index (χ0) is 13.8.